The van der Waals surface area contributed by atoms with Crippen LogP contribution in [0, 0.1) is 5.92 Å². The first-order chi connectivity index (χ1) is 11.9. The number of aromatic nitrogens is 1. The number of thiazole rings is 1. The van der Waals surface area contributed by atoms with Crippen molar-refractivity contribution < 1.29 is 13.2 Å². The molecule has 1 aromatic heterocycles. The molecule has 0 unspecified atom stereocenters. The smallest absolute Gasteiger partial charge is 0.243 e. The summed E-state index contributed by atoms with van der Waals surface area (Å²) >= 11 is 1.30. The molecule has 0 atom stereocenters. The second-order valence-electron chi connectivity index (χ2n) is 6.76. The van der Waals surface area contributed by atoms with Gasteiger partial charge in [-0.05, 0) is 37.0 Å². The van der Waals surface area contributed by atoms with Crippen LogP contribution in [-0.4, -0.2) is 36.7 Å². The second kappa shape index (κ2) is 7.39. The number of carbonyl (C=O) groups is 1. The predicted octanol–water partition coefficient (Wildman–Crippen LogP) is 3.46. The summed E-state index contributed by atoms with van der Waals surface area (Å²) in [4.78, 5) is 16.6. The van der Waals surface area contributed by atoms with E-state index in [-0.39, 0.29) is 11.8 Å². The van der Waals surface area contributed by atoms with Crippen molar-refractivity contribution in [2.24, 2.45) is 5.92 Å². The molecular formula is C17H23N3O3S2. The maximum Gasteiger partial charge on any atom is 0.243 e. The third-order valence-electron chi connectivity index (χ3n) is 4.15. The molecule has 1 aromatic carbocycles. The van der Waals surface area contributed by atoms with E-state index < -0.39 is 10.0 Å². The summed E-state index contributed by atoms with van der Waals surface area (Å²) in [5.41, 5.74) is 0.697. The molecule has 0 saturated carbocycles. The SMILES string of the molecule is CC(C)CC(=O)Nc1nc2ccc(S(=O)(=O)N3CCCCC3)cc2s1. The second-order valence-corrected chi connectivity index (χ2v) is 9.73. The van der Waals surface area contributed by atoms with E-state index in [0.717, 1.165) is 24.0 Å². The normalized spacial score (nSPS) is 16.4. The van der Waals surface area contributed by atoms with Crippen LogP contribution in [0.4, 0.5) is 5.13 Å². The summed E-state index contributed by atoms with van der Waals surface area (Å²) in [5.74, 6) is 0.200. The standard InChI is InChI=1S/C17H23N3O3S2/c1-12(2)10-16(21)19-17-18-14-7-6-13(11-15(14)24-17)25(22,23)20-8-4-3-5-9-20/h6-7,11-12H,3-5,8-10H2,1-2H3,(H,18,19,21). The van der Waals surface area contributed by atoms with Crippen molar-refractivity contribution in [1.82, 2.24) is 9.29 Å². The number of anilines is 1. The van der Waals surface area contributed by atoms with Gasteiger partial charge in [0.25, 0.3) is 0 Å². The number of carbonyl (C=O) groups excluding carboxylic acids is 1. The zero-order valence-corrected chi connectivity index (χ0v) is 16.1. The number of fused-ring (bicyclic) bond motifs is 1. The monoisotopic (exact) mass is 381 g/mol. The third kappa shape index (κ3) is 4.19. The average molecular weight is 382 g/mol. The fourth-order valence-electron chi connectivity index (χ4n) is 2.91. The maximum absolute atomic E-state index is 12.8. The van der Waals surface area contributed by atoms with Crippen molar-refractivity contribution in [2.75, 3.05) is 18.4 Å². The number of nitrogens with zero attached hydrogens (tertiary/aromatic N) is 2. The highest BCUT2D eigenvalue weighted by Gasteiger charge is 2.26. The van der Waals surface area contributed by atoms with Crippen LogP contribution >= 0.6 is 11.3 Å². The molecule has 8 heteroatoms. The Labute approximate surface area is 152 Å². The number of nitrogens with one attached hydrogen (secondary N) is 1. The van der Waals surface area contributed by atoms with Gasteiger partial charge in [-0.3, -0.25) is 4.79 Å². The minimum absolute atomic E-state index is 0.0739. The van der Waals surface area contributed by atoms with Crippen LogP contribution in [0.5, 0.6) is 0 Å². The Morgan fingerprint density at radius 2 is 2.00 bits per heavy atom. The van der Waals surface area contributed by atoms with Gasteiger partial charge in [-0.25, -0.2) is 13.4 Å². The van der Waals surface area contributed by atoms with E-state index in [4.69, 9.17) is 0 Å². The molecule has 3 rings (SSSR count). The lowest BCUT2D eigenvalue weighted by Gasteiger charge is -2.25. The Hall–Kier alpha value is -1.51. The first-order valence-electron chi connectivity index (χ1n) is 8.57. The summed E-state index contributed by atoms with van der Waals surface area (Å²) in [6.07, 6.45) is 3.34. The lowest BCUT2D eigenvalue weighted by Crippen LogP contribution is -2.35. The summed E-state index contributed by atoms with van der Waals surface area (Å²) < 4.78 is 27.9. The molecular weight excluding hydrogens is 358 g/mol. The Kier molecular flexibility index (Phi) is 5.41. The first-order valence-corrected chi connectivity index (χ1v) is 10.8. The van der Waals surface area contributed by atoms with Crippen LogP contribution in [0.2, 0.25) is 0 Å². The van der Waals surface area contributed by atoms with Crippen LogP contribution in [0.3, 0.4) is 0 Å². The number of hydrogen-bond acceptors (Lipinski definition) is 5. The highest BCUT2D eigenvalue weighted by atomic mass is 32.2. The molecule has 0 spiro atoms. The van der Waals surface area contributed by atoms with Crippen molar-refractivity contribution in [3.8, 4) is 0 Å². The van der Waals surface area contributed by atoms with Gasteiger partial charge in [0.2, 0.25) is 15.9 Å². The molecule has 6 nitrogen and oxygen atoms in total. The van der Waals surface area contributed by atoms with Crippen LogP contribution in [0.25, 0.3) is 10.2 Å². The van der Waals surface area contributed by atoms with E-state index in [0.29, 0.717) is 35.1 Å². The van der Waals surface area contributed by atoms with E-state index in [9.17, 15) is 13.2 Å². The Balaban J connectivity index is 1.83. The molecule has 25 heavy (non-hydrogen) atoms. The van der Waals surface area contributed by atoms with Gasteiger partial charge in [0.15, 0.2) is 5.13 Å². The quantitative estimate of drug-likeness (QED) is 0.860. The van der Waals surface area contributed by atoms with Gasteiger partial charge in [-0.2, -0.15) is 4.31 Å². The van der Waals surface area contributed by atoms with Crippen LogP contribution in [0.15, 0.2) is 23.1 Å². The molecule has 2 aromatic rings. The molecule has 1 fully saturated rings. The number of sulfonamides is 1. The topological polar surface area (TPSA) is 79.4 Å². The lowest BCUT2D eigenvalue weighted by molar-refractivity contribution is -0.116. The van der Waals surface area contributed by atoms with E-state index >= 15 is 0 Å². The zero-order chi connectivity index (χ0) is 18.0. The van der Waals surface area contributed by atoms with Gasteiger partial charge in [-0.1, -0.05) is 31.6 Å². The molecule has 1 aliphatic rings. The van der Waals surface area contributed by atoms with Crippen LogP contribution in [-0.2, 0) is 14.8 Å². The molecule has 1 amide bonds. The molecule has 0 aliphatic carbocycles. The van der Waals surface area contributed by atoms with Crippen molar-refractivity contribution >= 4 is 42.6 Å². The summed E-state index contributed by atoms with van der Waals surface area (Å²) in [5, 5.41) is 3.30. The maximum atomic E-state index is 12.8. The number of hydrogen-bond donors (Lipinski definition) is 1. The minimum Gasteiger partial charge on any atom is -0.302 e. The Morgan fingerprint density at radius 1 is 1.28 bits per heavy atom. The number of piperidine rings is 1. The fraction of sp³-hybridized carbons (Fsp3) is 0.529. The van der Waals surface area contributed by atoms with Crippen LogP contribution in [0.1, 0.15) is 39.5 Å². The Morgan fingerprint density at radius 3 is 2.68 bits per heavy atom. The van der Waals surface area contributed by atoms with Crippen molar-refractivity contribution in [2.45, 2.75) is 44.4 Å². The van der Waals surface area contributed by atoms with E-state index in [1.54, 1.807) is 22.5 Å². The molecule has 0 radical (unpaired) electrons. The molecule has 1 N–H and O–H groups in total. The average Bonchev–Trinajstić information content (AvgIpc) is 2.95. The van der Waals surface area contributed by atoms with Gasteiger partial charge >= 0.3 is 0 Å². The molecule has 136 valence electrons. The van der Waals surface area contributed by atoms with Gasteiger partial charge in [0.1, 0.15) is 0 Å². The van der Waals surface area contributed by atoms with E-state index in [2.05, 4.69) is 10.3 Å². The number of rotatable bonds is 5. The Bertz CT molecular complexity index is 868. The summed E-state index contributed by atoms with van der Waals surface area (Å²) in [6, 6.07) is 4.97. The van der Waals surface area contributed by atoms with E-state index in [1.165, 1.54) is 11.3 Å². The van der Waals surface area contributed by atoms with Crippen molar-refractivity contribution in [3.63, 3.8) is 0 Å². The third-order valence-corrected chi connectivity index (χ3v) is 6.98. The molecule has 2 heterocycles. The van der Waals surface area contributed by atoms with Crippen molar-refractivity contribution in [1.29, 1.82) is 0 Å². The largest absolute Gasteiger partial charge is 0.302 e. The van der Waals surface area contributed by atoms with Crippen molar-refractivity contribution in [3.05, 3.63) is 18.2 Å². The first kappa shape index (κ1) is 18.3. The van der Waals surface area contributed by atoms with Gasteiger partial charge in [0.05, 0.1) is 15.1 Å². The minimum atomic E-state index is -3.46. The van der Waals surface area contributed by atoms with Gasteiger partial charge in [0, 0.05) is 19.5 Å². The highest BCUT2D eigenvalue weighted by Crippen LogP contribution is 2.30. The van der Waals surface area contributed by atoms with E-state index in [1.807, 2.05) is 13.8 Å². The molecule has 0 bridgehead atoms. The summed E-state index contributed by atoms with van der Waals surface area (Å²) in [7, 11) is -3.46. The molecule has 1 saturated heterocycles. The van der Waals surface area contributed by atoms with Gasteiger partial charge < -0.3 is 5.32 Å². The lowest BCUT2D eigenvalue weighted by atomic mass is 10.1. The predicted molar refractivity (Wildman–Crippen MR) is 100 cm³/mol. The zero-order valence-electron chi connectivity index (χ0n) is 14.5. The summed E-state index contributed by atoms with van der Waals surface area (Å²) in [6.45, 7) is 5.13. The molecule has 1 aliphatic heterocycles. The van der Waals surface area contributed by atoms with Crippen LogP contribution < -0.4 is 5.32 Å². The highest BCUT2D eigenvalue weighted by molar-refractivity contribution is 7.89. The number of amides is 1. The number of benzene rings is 1. The fourth-order valence-corrected chi connectivity index (χ4v) is 5.45. The van der Waals surface area contributed by atoms with Gasteiger partial charge in [-0.15, -0.1) is 0 Å².